The summed E-state index contributed by atoms with van der Waals surface area (Å²) in [7, 11) is 1.84. The molecule has 0 aliphatic rings. The van der Waals surface area contributed by atoms with Crippen molar-refractivity contribution >= 4 is 12.5 Å². The van der Waals surface area contributed by atoms with Crippen molar-refractivity contribution in [2.24, 2.45) is 0 Å². The third-order valence-electron chi connectivity index (χ3n) is 2.92. The van der Waals surface area contributed by atoms with E-state index in [1.807, 2.05) is 56.3 Å². The smallest absolute Gasteiger partial charge is 0.106 e. The zero-order chi connectivity index (χ0) is 16.8. The third kappa shape index (κ3) is 7.07. The van der Waals surface area contributed by atoms with Gasteiger partial charge in [0.05, 0.1) is 0 Å². The van der Waals surface area contributed by atoms with E-state index in [2.05, 4.69) is 59.4 Å². The summed E-state index contributed by atoms with van der Waals surface area (Å²) in [4.78, 5) is 8.00. The largest absolute Gasteiger partial charge is 0.322 e. The number of nitrogens with one attached hydrogen (secondary N) is 2. The molecular weight excluding hydrogens is 284 g/mol. The first-order valence-corrected chi connectivity index (χ1v) is 7.27. The molecular formula is C20H22N2O. The molecule has 3 heteroatoms. The lowest BCUT2D eigenvalue weighted by atomic mass is 10.1. The van der Waals surface area contributed by atoms with Crippen molar-refractivity contribution in [3.63, 3.8) is 0 Å². The van der Waals surface area contributed by atoms with E-state index in [0.717, 1.165) is 5.69 Å². The number of carbonyl (C=O) groups excluding carboxylic acids is 1. The summed E-state index contributed by atoms with van der Waals surface area (Å²) in [6, 6.07) is 30.7. The molecule has 3 aromatic carbocycles. The van der Waals surface area contributed by atoms with Gasteiger partial charge in [0.25, 0.3) is 0 Å². The first-order valence-electron chi connectivity index (χ1n) is 7.27. The van der Waals surface area contributed by atoms with E-state index in [0.29, 0.717) is 0 Å². The quantitative estimate of drug-likeness (QED) is 0.705. The maximum atomic E-state index is 8.00. The summed E-state index contributed by atoms with van der Waals surface area (Å²) >= 11 is 0. The van der Waals surface area contributed by atoms with E-state index in [-0.39, 0.29) is 0 Å². The van der Waals surface area contributed by atoms with Crippen LogP contribution in [0.15, 0.2) is 91.0 Å². The average molecular weight is 306 g/mol. The molecule has 0 spiro atoms. The Bertz CT molecular complexity index is 590. The second-order valence-corrected chi connectivity index (χ2v) is 4.47. The topological polar surface area (TPSA) is 41.1 Å². The molecule has 0 aliphatic carbocycles. The molecule has 118 valence electrons. The van der Waals surface area contributed by atoms with Crippen LogP contribution >= 0.6 is 0 Å². The van der Waals surface area contributed by atoms with E-state index >= 15 is 0 Å². The Morgan fingerprint density at radius 3 is 1.30 bits per heavy atom. The van der Waals surface area contributed by atoms with E-state index in [1.165, 1.54) is 11.1 Å². The van der Waals surface area contributed by atoms with Crippen molar-refractivity contribution in [1.29, 1.82) is 0 Å². The maximum absolute atomic E-state index is 8.00. The molecule has 0 aliphatic heterocycles. The predicted octanol–water partition coefficient (Wildman–Crippen LogP) is 4.40. The standard InChI is InChI=1S/C12H10.C7H10N2.CH2O/c1-3-7-11(8-4-1)12-9-5-2-6-10-12;1-8-9-7-5-3-2-4-6-7;1-2/h1-10H;2-6,8-9H,1H3;1H2. The van der Waals surface area contributed by atoms with Crippen LogP contribution in [0.1, 0.15) is 0 Å². The van der Waals surface area contributed by atoms with Gasteiger partial charge in [-0.2, -0.15) is 0 Å². The van der Waals surface area contributed by atoms with Crippen LogP contribution in [0, 0.1) is 0 Å². The van der Waals surface area contributed by atoms with E-state index < -0.39 is 0 Å². The Labute approximate surface area is 138 Å². The van der Waals surface area contributed by atoms with Crippen molar-refractivity contribution in [2.75, 3.05) is 12.5 Å². The van der Waals surface area contributed by atoms with E-state index in [4.69, 9.17) is 4.79 Å². The Morgan fingerprint density at radius 1 is 0.609 bits per heavy atom. The fourth-order valence-electron chi connectivity index (χ4n) is 1.93. The number of benzene rings is 3. The number of hydrogen-bond donors (Lipinski definition) is 2. The molecule has 0 bridgehead atoms. The Kier molecular flexibility index (Phi) is 9.24. The van der Waals surface area contributed by atoms with Gasteiger partial charge < -0.3 is 10.2 Å². The van der Waals surface area contributed by atoms with Crippen molar-refractivity contribution in [1.82, 2.24) is 5.43 Å². The first-order chi connectivity index (χ1) is 11.4. The van der Waals surface area contributed by atoms with Crippen molar-refractivity contribution < 1.29 is 4.79 Å². The SMILES string of the molecule is C=O.CNNc1ccccc1.c1ccc(-c2ccccc2)cc1. The van der Waals surface area contributed by atoms with Crippen LogP contribution in [0.25, 0.3) is 11.1 Å². The zero-order valence-electron chi connectivity index (χ0n) is 13.3. The minimum Gasteiger partial charge on any atom is -0.322 e. The van der Waals surface area contributed by atoms with Crippen LogP contribution in [-0.4, -0.2) is 13.8 Å². The van der Waals surface area contributed by atoms with E-state index in [1.54, 1.807) is 0 Å². The predicted molar refractivity (Wildman–Crippen MR) is 98.1 cm³/mol. The number of carbonyl (C=O) groups is 1. The summed E-state index contributed by atoms with van der Waals surface area (Å²) in [6.45, 7) is 2.00. The van der Waals surface area contributed by atoms with Crippen LogP contribution in [-0.2, 0) is 4.79 Å². The highest BCUT2D eigenvalue weighted by molar-refractivity contribution is 5.62. The molecule has 2 N–H and O–H groups in total. The summed E-state index contributed by atoms with van der Waals surface area (Å²) < 4.78 is 0. The Hall–Kier alpha value is -2.91. The number of rotatable bonds is 3. The second-order valence-electron chi connectivity index (χ2n) is 4.47. The Balaban J connectivity index is 0.000000215. The van der Waals surface area contributed by atoms with Gasteiger partial charge in [0.15, 0.2) is 0 Å². The van der Waals surface area contributed by atoms with Gasteiger partial charge in [-0.15, -0.1) is 0 Å². The zero-order valence-corrected chi connectivity index (χ0v) is 13.3. The summed E-state index contributed by atoms with van der Waals surface area (Å²) in [5.41, 5.74) is 9.43. The third-order valence-corrected chi connectivity index (χ3v) is 2.92. The highest BCUT2D eigenvalue weighted by Crippen LogP contribution is 2.17. The molecule has 3 rings (SSSR count). The lowest BCUT2D eigenvalue weighted by molar-refractivity contribution is -0.0979. The molecule has 0 amide bonds. The van der Waals surface area contributed by atoms with Crippen LogP contribution in [0.4, 0.5) is 5.69 Å². The van der Waals surface area contributed by atoms with Gasteiger partial charge in [-0.25, -0.2) is 5.43 Å². The number of hydrazine groups is 1. The molecule has 0 aromatic heterocycles. The van der Waals surface area contributed by atoms with Crippen molar-refractivity contribution in [2.45, 2.75) is 0 Å². The monoisotopic (exact) mass is 306 g/mol. The summed E-state index contributed by atoms with van der Waals surface area (Å²) in [5, 5.41) is 0. The van der Waals surface area contributed by atoms with Gasteiger partial charge in [0.1, 0.15) is 6.79 Å². The van der Waals surface area contributed by atoms with Gasteiger partial charge in [-0.3, -0.25) is 0 Å². The molecule has 0 atom stereocenters. The normalized spacial score (nSPS) is 8.74. The fourth-order valence-corrected chi connectivity index (χ4v) is 1.93. The molecule has 0 fully saturated rings. The summed E-state index contributed by atoms with van der Waals surface area (Å²) in [6.07, 6.45) is 0. The molecule has 0 radical (unpaired) electrons. The highest BCUT2D eigenvalue weighted by atomic mass is 16.1. The van der Waals surface area contributed by atoms with Gasteiger partial charge in [-0.1, -0.05) is 78.9 Å². The van der Waals surface area contributed by atoms with Crippen molar-refractivity contribution in [3.05, 3.63) is 91.0 Å². The molecule has 3 nitrogen and oxygen atoms in total. The minimum atomic E-state index is 1.08. The van der Waals surface area contributed by atoms with E-state index in [9.17, 15) is 0 Å². The average Bonchev–Trinajstić information content (AvgIpc) is 2.67. The molecule has 0 saturated heterocycles. The van der Waals surface area contributed by atoms with Crippen molar-refractivity contribution in [3.8, 4) is 11.1 Å². The van der Waals surface area contributed by atoms with Crippen LogP contribution in [0.2, 0.25) is 0 Å². The van der Waals surface area contributed by atoms with Gasteiger partial charge in [0, 0.05) is 12.7 Å². The second kappa shape index (κ2) is 11.7. The molecule has 0 unspecified atom stereocenters. The molecule has 3 aromatic rings. The lowest BCUT2D eigenvalue weighted by Crippen LogP contribution is -2.14. The Morgan fingerprint density at radius 2 is 0.957 bits per heavy atom. The lowest BCUT2D eigenvalue weighted by Gasteiger charge is -2.00. The van der Waals surface area contributed by atoms with Gasteiger partial charge in [-0.05, 0) is 23.3 Å². The number of anilines is 1. The molecule has 0 saturated carbocycles. The van der Waals surface area contributed by atoms with Gasteiger partial charge in [0.2, 0.25) is 0 Å². The highest BCUT2D eigenvalue weighted by Gasteiger charge is 1.91. The first kappa shape index (κ1) is 18.1. The van der Waals surface area contributed by atoms with Crippen LogP contribution < -0.4 is 10.9 Å². The molecule has 0 heterocycles. The molecule has 23 heavy (non-hydrogen) atoms. The number of para-hydroxylation sites is 1. The van der Waals surface area contributed by atoms with Gasteiger partial charge >= 0.3 is 0 Å². The summed E-state index contributed by atoms with van der Waals surface area (Å²) in [5.74, 6) is 0. The van der Waals surface area contributed by atoms with Crippen LogP contribution in [0.3, 0.4) is 0 Å². The minimum absolute atomic E-state index is 1.08. The fraction of sp³-hybridized carbons (Fsp3) is 0.0500. The number of hydrogen-bond acceptors (Lipinski definition) is 3. The maximum Gasteiger partial charge on any atom is 0.106 e. The van der Waals surface area contributed by atoms with Crippen LogP contribution in [0.5, 0.6) is 0 Å².